The molecule has 3 rings (SSSR count). The van der Waals surface area contributed by atoms with E-state index in [0.29, 0.717) is 11.1 Å². The first-order chi connectivity index (χ1) is 19.7. The topological polar surface area (TPSA) is 46.7 Å². The van der Waals surface area contributed by atoms with Crippen LogP contribution in [0.1, 0.15) is 46.1 Å². The molecule has 4 unspecified atom stereocenters. The summed E-state index contributed by atoms with van der Waals surface area (Å²) in [7, 11) is -7.05. The first kappa shape index (κ1) is 41.8. The molecular formula is C35H62N2O2Si4Zr. The standard InChI is InChI=1S/C28H55N2O2Si4.C7H7.Zr/c1-24-26(35(11,22-20-31-33(5,6)7)29-25-16-14-13-15-17-25)18-19-27(24)36(12,30-28(2,3)4)23-21-32-34(8,9)10;1-7-5-3-2-4-6-7;/h13-17,26-27H,18-23H2,1-12H3;2-6H,1H2;/q-3;-1;+4. The monoisotopic (exact) mass is 744 g/mol. The second-order valence-corrected chi connectivity index (χ2v) is 33.1. The maximum absolute atomic E-state index is 6.38. The maximum atomic E-state index is 6.38. The van der Waals surface area contributed by atoms with Crippen LogP contribution in [0.15, 0.2) is 60.7 Å². The van der Waals surface area contributed by atoms with Gasteiger partial charge >= 0.3 is 26.2 Å². The zero-order valence-corrected chi connectivity index (χ0v) is 36.5. The van der Waals surface area contributed by atoms with Gasteiger partial charge in [0.05, 0.1) is 0 Å². The molecule has 2 aromatic rings. The van der Waals surface area contributed by atoms with E-state index in [0.717, 1.165) is 36.6 Å². The van der Waals surface area contributed by atoms with Crippen LogP contribution in [-0.2, 0) is 35.1 Å². The van der Waals surface area contributed by atoms with Gasteiger partial charge in [0.2, 0.25) is 0 Å². The summed E-state index contributed by atoms with van der Waals surface area (Å²) in [6.45, 7) is 33.5. The zero-order chi connectivity index (χ0) is 32.5. The molecule has 1 saturated carbocycles. The summed E-state index contributed by atoms with van der Waals surface area (Å²) in [6.07, 6.45) is 2.51. The molecule has 244 valence electrons. The van der Waals surface area contributed by atoms with E-state index in [1.807, 2.05) is 30.3 Å². The molecule has 1 fully saturated rings. The third kappa shape index (κ3) is 15.1. The smallest absolute Gasteiger partial charge is 0.688 e. The van der Waals surface area contributed by atoms with Gasteiger partial charge in [0.1, 0.15) is 0 Å². The van der Waals surface area contributed by atoms with Crippen molar-refractivity contribution < 1.29 is 35.1 Å². The van der Waals surface area contributed by atoms with Gasteiger partial charge in [-0.2, -0.15) is 42.6 Å². The van der Waals surface area contributed by atoms with Crippen molar-refractivity contribution in [3.8, 4) is 0 Å². The molecule has 0 bridgehead atoms. The van der Waals surface area contributed by atoms with E-state index in [1.165, 1.54) is 12.8 Å². The molecule has 0 radical (unpaired) electrons. The third-order valence-electron chi connectivity index (χ3n) is 8.21. The molecule has 2 aromatic carbocycles. The summed E-state index contributed by atoms with van der Waals surface area (Å²) in [4.78, 5) is 11.2. The molecule has 1 aliphatic rings. The van der Waals surface area contributed by atoms with E-state index in [4.69, 9.17) is 18.8 Å². The molecule has 44 heavy (non-hydrogen) atoms. The SMILES string of the molecule is C[C-]1C([Si](C)(CCO[Si](C)(C)C)[N-]c2ccccc2)CCC1[Si](C)(CCO[Si](C)(C)C)[N-]C(C)(C)C.[CH2-]c1ccccc1.[Zr+4]. The van der Waals surface area contributed by atoms with E-state index in [-0.39, 0.29) is 31.7 Å². The summed E-state index contributed by atoms with van der Waals surface area (Å²) in [5, 5.41) is 0. The predicted octanol–water partition coefficient (Wildman–Crippen LogP) is 11.7. The molecule has 0 heterocycles. The molecule has 0 spiro atoms. The quantitative estimate of drug-likeness (QED) is 0.151. The Bertz CT molecular complexity index is 1080. The Hall–Kier alpha value is -0.259. The second kappa shape index (κ2) is 17.8. The van der Waals surface area contributed by atoms with Crippen molar-refractivity contribution in [2.75, 3.05) is 13.2 Å². The van der Waals surface area contributed by atoms with Crippen LogP contribution in [0.4, 0.5) is 5.69 Å². The van der Waals surface area contributed by atoms with Gasteiger partial charge in [-0.25, -0.2) is 0 Å². The van der Waals surface area contributed by atoms with Gasteiger partial charge in [-0.05, 0) is 39.3 Å². The minimum absolute atomic E-state index is 0. The molecule has 0 amide bonds. The molecule has 9 heteroatoms. The van der Waals surface area contributed by atoms with Crippen LogP contribution in [0.3, 0.4) is 0 Å². The van der Waals surface area contributed by atoms with Crippen molar-refractivity contribution in [1.82, 2.24) is 0 Å². The summed E-state index contributed by atoms with van der Waals surface area (Å²) in [6, 6.07) is 22.8. The summed E-state index contributed by atoms with van der Waals surface area (Å²) >= 11 is 0. The maximum Gasteiger partial charge on any atom is 4.00 e. The van der Waals surface area contributed by atoms with E-state index >= 15 is 0 Å². The van der Waals surface area contributed by atoms with Gasteiger partial charge in [-0.3, -0.25) is 0 Å². The van der Waals surface area contributed by atoms with E-state index in [9.17, 15) is 0 Å². The van der Waals surface area contributed by atoms with E-state index < -0.39 is 33.1 Å². The Morgan fingerprint density at radius 2 is 1.14 bits per heavy atom. The van der Waals surface area contributed by atoms with Crippen LogP contribution in [-0.4, -0.2) is 51.9 Å². The van der Waals surface area contributed by atoms with Gasteiger partial charge in [0.15, 0.2) is 16.6 Å². The Balaban J connectivity index is 0.00000106. The summed E-state index contributed by atoms with van der Waals surface area (Å²) in [5.41, 5.74) is 3.40. The fraction of sp³-hybridized carbons (Fsp3) is 0.600. The Morgan fingerprint density at radius 3 is 1.52 bits per heavy atom. The van der Waals surface area contributed by atoms with Crippen LogP contribution >= 0.6 is 0 Å². The van der Waals surface area contributed by atoms with Crippen molar-refractivity contribution in [3.05, 3.63) is 89.0 Å². The van der Waals surface area contributed by atoms with Gasteiger partial charge < -0.3 is 24.7 Å². The van der Waals surface area contributed by atoms with Gasteiger partial charge in [-0.1, -0.05) is 112 Å². The van der Waals surface area contributed by atoms with Crippen molar-refractivity contribution in [1.29, 1.82) is 0 Å². The van der Waals surface area contributed by atoms with E-state index in [1.54, 1.807) is 5.92 Å². The molecular weight excluding hydrogens is 684 g/mol. The first-order valence-electron chi connectivity index (χ1n) is 16.2. The summed E-state index contributed by atoms with van der Waals surface area (Å²) < 4.78 is 12.8. The number of nitrogens with zero attached hydrogens (tertiary/aromatic N) is 2. The van der Waals surface area contributed by atoms with Gasteiger partial charge in [0.25, 0.3) is 0 Å². The van der Waals surface area contributed by atoms with Crippen LogP contribution in [0.25, 0.3) is 9.96 Å². The minimum Gasteiger partial charge on any atom is -0.688 e. The van der Waals surface area contributed by atoms with Crippen molar-refractivity contribution in [2.45, 2.75) is 122 Å². The Morgan fingerprint density at radius 1 is 0.727 bits per heavy atom. The van der Waals surface area contributed by atoms with Gasteiger partial charge in [0, 0.05) is 13.2 Å². The predicted molar refractivity (Wildman–Crippen MR) is 201 cm³/mol. The fourth-order valence-electron chi connectivity index (χ4n) is 6.42. The summed E-state index contributed by atoms with van der Waals surface area (Å²) in [5.74, 6) is 1.69. The molecule has 0 saturated heterocycles. The number of hydrogen-bond acceptors (Lipinski definition) is 2. The van der Waals surface area contributed by atoms with Crippen molar-refractivity contribution >= 4 is 38.8 Å². The van der Waals surface area contributed by atoms with Crippen molar-refractivity contribution in [3.63, 3.8) is 0 Å². The Labute approximate surface area is 295 Å². The average Bonchev–Trinajstić information content (AvgIpc) is 3.26. The van der Waals surface area contributed by atoms with E-state index in [2.05, 4.69) is 117 Å². The molecule has 0 N–H and O–H groups in total. The molecule has 1 aliphatic carbocycles. The second-order valence-electron chi connectivity index (χ2n) is 15.8. The third-order valence-corrected chi connectivity index (χ3v) is 19.2. The fourth-order valence-corrected chi connectivity index (χ4v) is 16.9. The van der Waals surface area contributed by atoms with Crippen LogP contribution in [0, 0.1) is 12.8 Å². The Kier molecular flexibility index (Phi) is 16.9. The van der Waals surface area contributed by atoms with Crippen molar-refractivity contribution in [2.24, 2.45) is 0 Å². The van der Waals surface area contributed by atoms with Crippen LogP contribution in [0.2, 0.25) is 75.5 Å². The molecule has 0 aromatic heterocycles. The van der Waals surface area contributed by atoms with Crippen LogP contribution in [0.5, 0.6) is 0 Å². The largest absolute Gasteiger partial charge is 4.00 e. The first-order valence-corrected chi connectivity index (χ1v) is 28.5. The number of hydrogen-bond donors (Lipinski definition) is 0. The number of benzene rings is 2. The van der Waals surface area contributed by atoms with Crippen LogP contribution < -0.4 is 0 Å². The molecule has 4 atom stereocenters. The zero-order valence-electron chi connectivity index (χ0n) is 30.1. The van der Waals surface area contributed by atoms with Gasteiger partial charge in [-0.15, -0.1) is 23.4 Å². The average molecular weight is 746 g/mol. The normalized spacial score (nSPS) is 20.5. The molecule has 0 aliphatic heterocycles. The molecule has 4 nitrogen and oxygen atoms in total. The minimum atomic E-state index is -2.02. The number of rotatable bonds is 13.